The number of benzene rings is 1. The smallest absolute Gasteiger partial charge is 0.325 e. The molecule has 0 radical (unpaired) electrons. The van der Waals surface area contributed by atoms with Crippen molar-refractivity contribution < 1.29 is 18.8 Å². The Morgan fingerprint density at radius 1 is 1.15 bits per heavy atom. The first-order valence-corrected chi connectivity index (χ1v) is 11.3. The van der Waals surface area contributed by atoms with Crippen LogP contribution in [0.2, 0.25) is 0 Å². The standard InChI is InChI=1S/C22H21FN6O3S/c1-22(14-4-6-15(23)7-5-14)19(31)29(20(32)26-22)13-17(30)27-9-11-28(12-10-27)21-25-16-3-2-8-24-18(16)33-21/h2-8H,9-13H2,1H3,(H,26,32). The van der Waals surface area contributed by atoms with Crippen molar-refractivity contribution in [3.05, 3.63) is 54.0 Å². The number of amides is 4. The number of pyridine rings is 1. The van der Waals surface area contributed by atoms with Crippen LogP contribution in [0.1, 0.15) is 12.5 Å². The summed E-state index contributed by atoms with van der Waals surface area (Å²) in [7, 11) is 0. The molecule has 9 nitrogen and oxygen atoms in total. The zero-order valence-electron chi connectivity index (χ0n) is 17.8. The molecule has 33 heavy (non-hydrogen) atoms. The zero-order valence-corrected chi connectivity index (χ0v) is 18.6. The molecule has 2 fully saturated rings. The van der Waals surface area contributed by atoms with E-state index in [1.165, 1.54) is 35.6 Å². The fraction of sp³-hybridized carbons (Fsp3) is 0.318. The van der Waals surface area contributed by atoms with Crippen LogP contribution in [0.3, 0.4) is 0 Å². The number of nitrogens with one attached hydrogen (secondary N) is 1. The molecule has 170 valence electrons. The SMILES string of the molecule is CC1(c2ccc(F)cc2)NC(=O)N(CC(=O)N2CCN(c3nc4cccnc4s3)CC2)C1=O. The molecule has 3 aromatic rings. The minimum absolute atomic E-state index is 0.299. The summed E-state index contributed by atoms with van der Waals surface area (Å²) in [6.07, 6.45) is 1.73. The molecular formula is C22H21FN6O3S. The monoisotopic (exact) mass is 468 g/mol. The van der Waals surface area contributed by atoms with E-state index in [0.717, 1.165) is 20.4 Å². The van der Waals surface area contributed by atoms with Gasteiger partial charge in [-0.05, 0) is 36.8 Å². The number of urea groups is 1. The molecular weight excluding hydrogens is 447 g/mol. The van der Waals surface area contributed by atoms with E-state index in [4.69, 9.17) is 0 Å². The highest BCUT2D eigenvalue weighted by Crippen LogP contribution is 2.30. The molecule has 0 aliphatic carbocycles. The number of anilines is 1. The lowest BCUT2D eigenvalue weighted by Crippen LogP contribution is -2.52. The molecule has 4 amide bonds. The van der Waals surface area contributed by atoms with Gasteiger partial charge >= 0.3 is 6.03 Å². The molecule has 2 aromatic heterocycles. The maximum absolute atomic E-state index is 13.3. The number of imide groups is 1. The number of halogens is 1. The van der Waals surface area contributed by atoms with Gasteiger partial charge in [-0.25, -0.2) is 19.2 Å². The van der Waals surface area contributed by atoms with Gasteiger partial charge in [0.25, 0.3) is 5.91 Å². The van der Waals surface area contributed by atoms with Crippen LogP contribution >= 0.6 is 11.3 Å². The van der Waals surface area contributed by atoms with Crippen LogP contribution in [0.5, 0.6) is 0 Å². The molecule has 11 heteroatoms. The Kier molecular flexibility index (Phi) is 5.20. The molecule has 1 atom stereocenters. The second-order valence-corrected chi connectivity index (χ2v) is 9.10. The highest BCUT2D eigenvalue weighted by atomic mass is 32.1. The normalized spacial score (nSPS) is 21.1. The Balaban J connectivity index is 1.22. The van der Waals surface area contributed by atoms with Crippen molar-refractivity contribution in [3.63, 3.8) is 0 Å². The fourth-order valence-corrected chi connectivity index (χ4v) is 5.06. The van der Waals surface area contributed by atoms with Gasteiger partial charge < -0.3 is 15.1 Å². The Morgan fingerprint density at radius 3 is 2.58 bits per heavy atom. The third-order valence-electron chi connectivity index (χ3n) is 6.05. The molecule has 5 rings (SSSR count). The van der Waals surface area contributed by atoms with Crippen molar-refractivity contribution in [2.75, 3.05) is 37.6 Å². The van der Waals surface area contributed by atoms with Crippen LogP contribution in [-0.4, -0.2) is 70.3 Å². The van der Waals surface area contributed by atoms with Crippen LogP contribution in [0, 0.1) is 5.82 Å². The highest BCUT2D eigenvalue weighted by Gasteiger charge is 2.49. The van der Waals surface area contributed by atoms with Gasteiger partial charge in [-0.2, -0.15) is 0 Å². The lowest BCUT2D eigenvalue weighted by molar-refractivity contribution is -0.139. The van der Waals surface area contributed by atoms with E-state index in [0.29, 0.717) is 31.7 Å². The van der Waals surface area contributed by atoms with Crippen molar-refractivity contribution in [2.24, 2.45) is 0 Å². The van der Waals surface area contributed by atoms with Gasteiger partial charge in [-0.3, -0.25) is 14.5 Å². The number of rotatable bonds is 4. The Morgan fingerprint density at radius 2 is 1.88 bits per heavy atom. The first-order valence-electron chi connectivity index (χ1n) is 10.5. The minimum atomic E-state index is -1.34. The Hall–Kier alpha value is -3.60. The molecule has 1 unspecified atom stereocenters. The van der Waals surface area contributed by atoms with Crippen molar-refractivity contribution in [1.29, 1.82) is 0 Å². The second-order valence-electron chi connectivity index (χ2n) is 8.15. The van der Waals surface area contributed by atoms with Crippen molar-refractivity contribution >= 4 is 44.7 Å². The minimum Gasteiger partial charge on any atom is -0.344 e. The van der Waals surface area contributed by atoms with E-state index in [2.05, 4.69) is 20.2 Å². The van der Waals surface area contributed by atoms with Crippen molar-refractivity contribution in [3.8, 4) is 0 Å². The lowest BCUT2D eigenvalue weighted by Gasteiger charge is -2.35. The first kappa shape index (κ1) is 21.3. The molecule has 2 saturated heterocycles. The zero-order chi connectivity index (χ0) is 23.2. The number of piperazine rings is 1. The maximum Gasteiger partial charge on any atom is 0.325 e. The van der Waals surface area contributed by atoms with Gasteiger partial charge in [-0.15, -0.1) is 0 Å². The number of thiazole rings is 1. The van der Waals surface area contributed by atoms with Crippen LogP contribution in [0.15, 0.2) is 42.6 Å². The van der Waals surface area contributed by atoms with Crippen molar-refractivity contribution in [2.45, 2.75) is 12.5 Å². The predicted molar refractivity (Wildman–Crippen MR) is 120 cm³/mol. The molecule has 1 N–H and O–H groups in total. The van der Waals surface area contributed by atoms with Gasteiger partial charge in [-0.1, -0.05) is 23.5 Å². The molecule has 4 heterocycles. The summed E-state index contributed by atoms with van der Waals surface area (Å²) in [6, 6.07) is 8.49. The lowest BCUT2D eigenvalue weighted by atomic mass is 9.92. The Bertz CT molecular complexity index is 1210. The Labute approximate surface area is 192 Å². The summed E-state index contributed by atoms with van der Waals surface area (Å²) in [5.41, 5.74) is -0.0418. The maximum atomic E-state index is 13.3. The largest absolute Gasteiger partial charge is 0.344 e. The predicted octanol–water partition coefficient (Wildman–Crippen LogP) is 1.95. The highest BCUT2D eigenvalue weighted by molar-refractivity contribution is 7.21. The molecule has 0 bridgehead atoms. The topological polar surface area (TPSA) is 98.7 Å². The third kappa shape index (κ3) is 3.78. The van der Waals surface area contributed by atoms with Crippen LogP contribution in [0.4, 0.5) is 14.3 Å². The third-order valence-corrected chi connectivity index (χ3v) is 7.09. The number of carbonyl (C=O) groups is 3. The number of hydrogen-bond donors (Lipinski definition) is 1. The molecule has 2 aliphatic rings. The van der Waals surface area contributed by atoms with Crippen LogP contribution in [0.25, 0.3) is 10.3 Å². The summed E-state index contributed by atoms with van der Waals surface area (Å²) in [4.78, 5) is 52.9. The number of aromatic nitrogens is 2. The van der Waals surface area contributed by atoms with E-state index in [9.17, 15) is 18.8 Å². The molecule has 0 saturated carbocycles. The molecule has 1 aromatic carbocycles. The van der Waals surface area contributed by atoms with E-state index in [-0.39, 0.29) is 12.5 Å². The van der Waals surface area contributed by atoms with Gasteiger partial charge in [0.1, 0.15) is 28.2 Å². The van der Waals surface area contributed by atoms with E-state index < -0.39 is 23.3 Å². The van der Waals surface area contributed by atoms with Gasteiger partial charge in [0.15, 0.2) is 5.13 Å². The molecule has 0 spiro atoms. The summed E-state index contributed by atoms with van der Waals surface area (Å²) in [6.45, 7) is 3.32. The number of nitrogens with zero attached hydrogens (tertiary/aromatic N) is 5. The van der Waals surface area contributed by atoms with Gasteiger partial charge in [0, 0.05) is 32.4 Å². The summed E-state index contributed by atoms with van der Waals surface area (Å²) >= 11 is 1.51. The summed E-state index contributed by atoms with van der Waals surface area (Å²) in [5.74, 6) is -1.27. The average molecular weight is 469 g/mol. The van der Waals surface area contributed by atoms with E-state index in [1.807, 2.05) is 12.1 Å². The van der Waals surface area contributed by atoms with Crippen molar-refractivity contribution in [1.82, 2.24) is 25.1 Å². The van der Waals surface area contributed by atoms with Crippen LogP contribution in [-0.2, 0) is 15.1 Å². The average Bonchev–Trinajstić information content (AvgIpc) is 3.35. The van der Waals surface area contributed by atoms with Crippen LogP contribution < -0.4 is 10.2 Å². The van der Waals surface area contributed by atoms with Gasteiger partial charge in [0.2, 0.25) is 5.91 Å². The van der Waals surface area contributed by atoms with Gasteiger partial charge in [0.05, 0.1) is 0 Å². The first-order chi connectivity index (χ1) is 15.8. The quantitative estimate of drug-likeness (QED) is 0.588. The number of hydrogen-bond acceptors (Lipinski definition) is 7. The van der Waals surface area contributed by atoms with E-state index in [1.54, 1.807) is 18.0 Å². The fourth-order valence-electron chi connectivity index (χ4n) is 4.10. The summed E-state index contributed by atoms with van der Waals surface area (Å²) in [5, 5.41) is 3.50. The number of fused-ring (bicyclic) bond motifs is 1. The number of carbonyl (C=O) groups excluding carboxylic acids is 3. The summed E-state index contributed by atoms with van der Waals surface area (Å²) < 4.78 is 13.3. The second kappa shape index (κ2) is 8.07. The molecule has 2 aliphatic heterocycles. The van der Waals surface area contributed by atoms with E-state index >= 15 is 0 Å².